The molecule has 0 unspecified atom stereocenters. The Bertz CT molecular complexity index is 723. The third kappa shape index (κ3) is 4.56. The monoisotopic (exact) mass is 339 g/mol. The standard InChI is InChI=1S/C19H21N3O3/c23-19(20-17-6-8-18(9-7-17)22(24)25)21-12-10-16(11-13-21)14-15-4-2-1-3-5-15/h1-9,16H,10-14H2,(H,20,23). The first-order chi connectivity index (χ1) is 12.1. The summed E-state index contributed by atoms with van der Waals surface area (Å²) in [6, 6.07) is 16.2. The minimum Gasteiger partial charge on any atom is -0.325 e. The zero-order valence-electron chi connectivity index (χ0n) is 13.9. The Kier molecular flexibility index (Phi) is 5.28. The summed E-state index contributed by atoms with van der Waals surface area (Å²) in [6.07, 6.45) is 3.03. The summed E-state index contributed by atoms with van der Waals surface area (Å²) < 4.78 is 0. The zero-order chi connectivity index (χ0) is 17.6. The minimum absolute atomic E-state index is 0.0136. The normalized spacial score (nSPS) is 15.0. The van der Waals surface area contributed by atoms with Crippen LogP contribution < -0.4 is 5.32 Å². The number of nitrogens with one attached hydrogen (secondary N) is 1. The second kappa shape index (κ2) is 7.79. The van der Waals surface area contributed by atoms with Gasteiger partial charge in [0.1, 0.15) is 0 Å². The second-order valence-electron chi connectivity index (χ2n) is 6.35. The maximum absolute atomic E-state index is 12.3. The van der Waals surface area contributed by atoms with Gasteiger partial charge in [0.2, 0.25) is 0 Å². The lowest BCUT2D eigenvalue weighted by Gasteiger charge is -2.32. The van der Waals surface area contributed by atoms with E-state index in [9.17, 15) is 14.9 Å². The van der Waals surface area contributed by atoms with Crippen LogP contribution >= 0.6 is 0 Å². The van der Waals surface area contributed by atoms with E-state index in [1.807, 2.05) is 11.0 Å². The van der Waals surface area contributed by atoms with Gasteiger partial charge < -0.3 is 10.2 Å². The van der Waals surface area contributed by atoms with Crippen molar-refractivity contribution < 1.29 is 9.72 Å². The molecular weight excluding hydrogens is 318 g/mol. The van der Waals surface area contributed by atoms with Crippen LogP contribution in [0.5, 0.6) is 0 Å². The predicted molar refractivity (Wildman–Crippen MR) is 96.6 cm³/mol. The maximum atomic E-state index is 12.3. The average Bonchev–Trinajstić information content (AvgIpc) is 2.63. The van der Waals surface area contributed by atoms with Crippen LogP contribution in [0, 0.1) is 16.0 Å². The Hall–Kier alpha value is -2.89. The fourth-order valence-corrected chi connectivity index (χ4v) is 3.16. The highest BCUT2D eigenvalue weighted by Gasteiger charge is 2.23. The molecule has 3 rings (SSSR count). The Balaban J connectivity index is 1.49. The van der Waals surface area contributed by atoms with Gasteiger partial charge in [-0.15, -0.1) is 0 Å². The molecule has 0 aliphatic carbocycles. The molecule has 0 atom stereocenters. The van der Waals surface area contributed by atoms with Crippen LogP contribution in [-0.4, -0.2) is 28.9 Å². The SMILES string of the molecule is O=C(Nc1ccc([N+](=O)[O-])cc1)N1CCC(Cc2ccccc2)CC1. The van der Waals surface area contributed by atoms with Crippen molar-refractivity contribution in [2.45, 2.75) is 19.3 Å². The smallest absolute Gasteiger partial charge is 0.321 e. The van der Waals surface area contributed by atoms with E-state index >= 15 is 0 Å². The molecule has 1 saturated heterocycles. The number of hydrogen-bond donors (Lipinski definition) is 1. The Morgan fingerprint density at radius 1 is 1.08 bits per heavy atom. The number of amides is 2. The number of likely N-dealkylation sites (tertiary alicyclic amines) is 1. The fourth-order valence-electron chi connectivity index (χ4n) is 3.16. The second-order valence-corrected chi connectivity index (χ2v) is 6.35. The van der Waals surface area contributed by atoms with Crippen molar-refractivity contribution in [2.75, 3.05) is 18.4 Å². The predicted octanol–water partition coefficient (Wildman–Crippen LogP) is 4.08. The van der Waals surface area contributed by atoms with E-state index in [2.05, 4.69) is 29.6 Å². The van der Waals surface area contributed by atoms with Crippen LogP contribution in [0.1, 0.15) is 18.4 Å². The Labute approximate surface area is 146 Å². The largest absolute Gasteiger partial charge is 0.325 e. The lowest BCUT2D eigenvalue weighted by Crippen LogP contribution is -2.41. The maximum Gasteiger partial charge on any atom is 0.321 e. The van der Waals surface area contributed by atoms with Gasteiger partial charge in [-0.2, -0.15) is 0 Å². The Morgan fingerprint density at radius 2 is 1.72 bits per heavy atom. The van der Waals surface area contributed by atoms with Gasteiger partial charge in [-0.1, -0.05) is 30.3 Å². The molecule has 2 aromatic carbocycles. The van der Waals surface area contributed by atoms with Crippen molar-refractivity contribution in [3.05, 3.63) is 70.3 Å². The first-order valence-electron chi connectivity index (χ1n) is 8.46. The van der Waals surface area contributed by atoms with Crippen LogP contribution in [-0.2, 0) is 6.42 Å². The van der Waals surface area contributed by atoms with Gasteiger partial charge in [0.25, 0.3) is 5.69 Å². The number of nitro benzene ring substituents is 1. The van der Waals surface area contributed by atoms with Gasteiger partial charge >= 0.3 is 6.03 Å². The third-order valence-corrected chi connectivity index (χ3v) is 4.60. The van der Waals surface area contributed by atoms with E-state index in [1.165, 1.54) is 17.7 Å². The lowest BCUT2D eigenvalue weighted by atomic mass is 9.90. The highest BCUT2D eigenvalue weighted by atomic mass is 16.6. The summed E-state index contributed by atoms with van der Waals surface area (Å²) in [5.41, 5.74) is 1.93. The van der Waals surface area contributed by atoms with Gasteiger partial charge in [0, 0.05) is 30.9 Å². The quantitative estimate of drug-likeness (QED) is 0.673. The molecule has 6 nitrogen and oxygen atoms in total. The van der Waals surface area contributed by atoms with Crippen molar-refractivity contribution in [3.8, 4) is 0 Å². The topological polar surface area (TPSA) is 75.5 Å². The Morgan fingerprint density at radius 3 is 2.32 bits per heavy atom. The van der Waals surface area contributed by atoms with E-state index in [-0.39, 0.29) is 11.7 Å². The molecule has 0 spiro atoms. The molecule has 2 aromatic rings. The molecule has 1 heterocycles. The van der Waals surface area contributed by atoms with Crippen LogP contribution in [0.3, 0.4) is 0 Å². The van der Waals surface area contributed by atoms with Crippen molar-refractivity contribution in [1.82, 2.24) is 4.90 Å². The number of urea groups is 1. The van der Waals surface area contributed by atoms with Crippen molar-refractivity contribution in [1.29, 1.82) is 0 Å². The number of non-ortho nitro benzene ring substituents is 1. The van der Waals surface area contributed by atoms with Crippen LogP contribution in [0.15, 0.2) is 54.6 Å². The first-order valence-corrected chi connectivity index (χ1v) is 8.46. The van der Waals surface area contributed by atoms with Crippen molar-refractivity contribution >= 4 is 17.4 Å². The molecule has 0 radical (unpaired) electrons. The molecule has 1 aliphatic heterocycles. The summed E-state index contributed by atoms with van der Waals surface area (Å²) in [5, 5.41) is 13.5. The van der Waals surface area contributed by atoms with E-state index in [4.69, 9.17) is 0 Å². The van der Waals surface area contributed by atoms with Crippen molar-refractivity contribution in [3.63, 3.8) is 0 Å². The summed E-state index contributed by atoms with van der Waals surface area (Å²) in [5.74, 6) is 0.603. The number of anilines is 1. The van der Waals surface area contributed by atoms with E-state index < -0.39 is 4.92 Å². The number of carbonyl (C=O) groups excluding carboxylic acids is 1. The molecule has 1 N–H and O–H groups in total. The average molecular weight is 339 g/mol. The summed E-state index contributed by atoms with van der Waals surface area (Å²) in [7, 11) is 0. The summed E-state index contributed by atoms with van der Waals surface area (Å²) >= 11 is 0. The van der Waals surface area contributed by atoms with E-state index in [1.54, 1.807) is 12.1 Å². The molecule has 25 heavy (non-hydrogen) atoms. The molecule has 130 valence electrons. The zero-order valence-corrected chi connectivity index (χ0v) is 13.9. The molecule has 0 saturated carbocycles. The lowest BCUT2D eigenvalue weighted by molar-refractivity contribution is -0.384. The third-order valence-electron chi connectivity index (χ3n) is 4.60. The van der Waals surface area contributed by atoms with Gasteiger partial charge in [0.05, 0.1) is 4.92 Å². The van der Waals surface area contributed by atoms with Crippen LogP contribution in [0.25, 0.3) is 0 Å². The van der Waals surface area contributed by atoms with Gasteiger partial charge in [-0.05, 0) is 42.9 Å². The molecule has 1 aliphatic rings. The minimum atomic E-state index is -0.455. The highest BCUT2D eigenvalue weighted by Crippen LogP contribution is 2.22. The number of carbonyl (C=O) groups is 1. The number of benzene rings is 2. The molecule has 0 aromatic heterocycles. The number of nitro groups is 1. The van der Waals surface area contributed by atoms with E-state index in [0.29, 0.717) is 11.6 Å². The van der Waals surface area contributed by atoms with Crippen LogP contribution in [0.4, 0.5) is 16.2 Å². The number of hydrogen-bond acceptors (Lipinski definition) is 3. The summed E-state index contributed by atoms with van der Waals surface area (Å²) in [4.78, 5) is 24.3. The van der Waals surface area contributed by atoms with E-state index in [0.717, 1.165) is 32.4 Å². The number of nitrogens with zero attached hydrogens (tertiary/aromatic N) is 2. The molecule has 1 fully saturated rings. The highest BCUT2D eigenvalue weighted by molar-refractivity contribution is 5.89. The van der Waals surface area contributed by atoms with Gasteiger partial charge in [-0.25, -0.2) is 4.79 Å². The molecular formula is C19H21N3O3. The fraction of sp³-hybridized carbons (Fsp3) is 0.316. The molecule has 2 amide bonds. The molecule has 0 bridgehead atoms. The number of rotatable bonds is 4. The van der Waals surface area contributed by atoms with Gasteiger partial charge in [-0.3, -0.25) is 10.1 Å². The number of piperidine rings is 1. The summed E-state index contributed by atoms with van der Waals surface area (Å²) in [6.45, 7) is 1.46. The first kappa shape index (κ1) is 17.0. The molecule has 6 heteroatoms. The van der Waals surface area contributed by atoms with Crippen LogP contribution in [0.2, 0.25) is 0 Å². The van der Waals surface area contributed by atoms with Crippen molar-refractivity contribution in [2.24, 2.45) is 5.92 Å². The van der Waals surface area contributed by atoms with Gasteiger partial charge in [0.15, 0.2) is 0 Å².